The molecule has 2 aromatic heterocycles. The van der Waals surface area contributed by atoms with Crippen molar-refractivity contribution in [1.82, 2.24) is 14.8 Å². The average Bonchev–Trinajstić information content (AvgIpc) is 3.23. The van der Waals surface area contributed by atoms with Crippen molar-refractivity contribution < 1.29 is 4.79 Å². The molecule has 0 saturated heterocycles. The number of allylic oxidation sites excluding steroid dienone is 1. The molecule has 3 aromatic rings. The number of primary amides is 1. The van der Waals surface area contributed by atoms with Crippen LogP contribution < -0.4 is 11.1 Å². The molecule has 0 aliphatic carbocycles. The number of thiophene rings is 1. The molecular weight excluding hydrogens is 358 g/mol. The van der Waals surface area contributed by atoms with E-state index in [1.165, 1.54) is 0 Å². The Balaban J connectivity index is 1.86. The van der Waals surface area contributed by atoms with Crippen molar-refractivity contribution in [2.45, 2.75) is 13.0 Å². The molecule has 4 rings (SSSR count). The Bertz CT molecular complexity index is 975. The second-order valence-electron chi connectivity index (χ2n) is 5.66. The highest BCUT2D eigenvalue weighted by molar-refractivity contribution is 7.10. The van der Waals surface area contributed by atoms with Gasteiger partial charge in [0.25, 0.3) is 0 Å². The first-order chi connectivity index (χ1) is 12.0. The Hall–Kier alpha value is -2.64. The minimum absolute atomic E-state index is 0.387. The number of carbonyl (C=O) groups is 1. The van der Waals surface area contributed by atoms with Crippen molar-refractivity contribution in [2.24, 2.45) is 5.73 Å². The van der Waals surface area contributed by atoms with Crippen molar-refractivity contribution in [3.05, 3.63) is 62.9 Å². The van der Waals surface area contributed by atoms with Crippen LogP contribution in [0.3, 0.4) is 0 Å². The first-order valence-electron chi connectivity index (χ1n) is 7.58. The molecule has 3 N–H and O–H groups in total. The van der Waals surface area contributed by atoms with E-state index in [2.05, 4.69) is 15.4 Å². The number of benzene rings is 1. The topological polar surface area (TPSA) is 85.8 Å². The minimum Gasteiger partial charge on any atom is -0.366 e. The Kier molecular flexibility index (Phi) is 3.82. The van der Waals surface area contributed by atoms with E-state index in [1.54, 1.807) is 28.2 Å². The monoisotopic (exact) mass is 371 g/mol. The lowest BCUT2D eigenvalue weighted by Gasteiger charge is -2.26. The van der Waals surface area contributed by atoms with Crippen LogP contribution in [-0.2, 0) is 4.79 Å². The highest BCUT2D eigenvalue weighted by atomic mass is 35.5. The maximum absolute atomic E-state index is 12.0. The Morgan fingerprint density at radius 2 is 2.08 bits per heavy atom. The van der Waals surface area contributed by atoms with Crippen LogP contribution in [0.1, 0.15) is 17.8 Å². The molecular formula is C17H14ClN5OS. The molecule has 0 fully saturated rings. The van der Waals surface area contributed by atoms with E-state index in [0.717, 1.165) is 10.4 Å². The second kappa shape index (κ2) is 6.02. The second-order valence-corrected chi connectivity index (χ2v) is 7.07. The number of nitrogens with two attached hydrogens (primary N) is 1. The van der Waals surface area contributed by atoms with E-state index in [4.69, 9.17) is 17.3 Å². The third-order valence-corrected chi connectivity index (χ3v) is 5.21. The van der Waals surface area contributed by atoms with E-state index in [1.807, 2.05) is 36.6 Å². The maximum Gasteiger partial charge on any atom is 0.248 e. The van der Waals surface area contributed by atoms with Gasteiger partial charge in [0.1, 0.15) is 6.04 Å². The van der Waals surface area contributed by atoms with Gasteiger partial charge in [-0.15, -0.1) is 16.4 Å². The van der Waals surface area contributed by atoms with Crippen LogP contribution in [0.15, 0.2) is 53.0 Å². The van der Waals surface area contributed by atoms with Crippen LogP contribution in [0.25, 0.3) is 11.4 Å². The molecule has 126 valence electrons. The lowest BCUT2D eigenvalue weighted by molar-refractivity contribution is -0.115. The summed E-state index contributed by atoms with van der Waals surface area (Å²) in [4.78, 5) is 17.6. The number of fused-ring (bicyclic) bond motifs is 1. The first-order valence-corrected chi connectivity index (χ1v) is 8.84. The molecule has 1 aliphatic rings. The molecule has 25 heavy (non-hydrogen) atoms. The van der Waals surface area contributed by atoms with Crippen LogP contribution >= 0.6 is 22.9 Å². The van der Waals surface area contributed by atoms with Gasteiger partial charge in [0, 0.05) is 21.2 Å². The molecule has 1 aliphatic heterocycles. The maximum atomic E-state index is 12.0. The quantitative estimate of drug-likeness (QED) is 0.738. The fourth-order valence-corrected chi connectivity index (χ4v) is 3.85. The van der Waals surface area contributed by atoms with Crippen LogP contribution in [0.5, 0.6) is 0 Å². The largest absolute Gasteiger partial charge is 0.366 e. The number of anilines is 1. The smallest absolute Gasteiger partial charge is 0.248 e. The summed E-state index contributed by atoms with van der Waals surface area (Å²) in [6.07, 6.45) is 0. The Morgan fingerprint density at radius 1 is 1.32 bits per heavy atom. The molecule has 1 amide bonds. The number of rotatable bonds is 3. The van der Waals surface area contributed by atoms with E-state index in [-0.39, 0.29) is 6.04 Å². The number of amides is 1. The van der Waals surface area contributed by atoms with Crippen LogP contribution in [0.2, 0.25) is 5.02 Å². The number of carbonyl (C=O) groups excluding carboxylic acids is 1. The molecule has 8 heteroatoms. The average molecular weight is 372 g/mol. The molecule has 1 aromatic carbocycles. The molecule has 1 unspecified atom stereocenters. The van der Waals surface area contributed by atoms with Gasteiger partial charge >= 0.3 is 0 Å². The summed E-state index contributed by atoms with van der Waals surface area (Å²) in [5, 5.41) is 10.4. The van der Waals surface area contributed by atoms with Gasteiger partial charge in [-0.3, -0.25) is 4.79 Å². The minimum atomic E-state index is -0.474. The normalized spacial score (nSPS) is 16.5. The molecule has 0 spiro atoms. The number of aromatic nitrogens is 3. The molecule has 0 saturated carbocycles. The summed E-state index contributed by atoms with van der Waals surface area (Å²) < 4.78 is 1.71. The van der Waals surface area contributed by atoms with Gasteiger partial charge in [0.05, 0.1) is 5.57 Å². The lowest BCUT2D eigenvalue weighted by atomic mass is 10.0. The number of nitrogens with one attached hydrogen (secondary N) is 1. The summed E-state index contributed by atoms with van der Waals surface area (Å²) in [5.74, 6) is 0.655. The molecule has 1 atom stereocenters. The van der Waals surface area contributed by atoms with E-state index in [0.29, 0.717) is 28.1 Å². The van der Waals surface area contributed by atoms with Crippen molar-refractivity contribution >= 4 is 34.8 Å². The van der Waals surface area contributed by atoms with Gasteiger partial charge in [-0.1, -0.05) is 17.7 Å². The SMILES string of the molecule is CC1=C(C(N)=O)C(c2cccs2)n2nc(-c3ccc(Cl)cc3)nc2N1. The molecule has 6 nitrogen and oxygen atoms in total. The highest BCUT2D eigenvalue weighted by Gasteiger charge is 2.33. The number of nitrogens with zero attached hydrogens (tertiary/aromatic N) is 3. The summed E-state index contributed by atoms with van der Waals surface area (Å²) >= 11 is 7.50. The summed E-state index contributed by atoms with van der Waals surface area (Å²) in [7, 11) is 0. The number of hydrogen-bond donors (Lipinski definition) is 2. The zero-order chi connectivity index (χ0) is 17.6. The van der Waals surface area contributed by atoms with Gasteiger partial charge < -0.3 is 11.1 Å². The highest BCUT2D eigenvalue weighted by Crippen LogP contribution is 2.37. The van der Waals surface area contributed by atoms with Gasteiger partial charge in [-0.25, -0.2) is 4.68 Å². The predicted molar refractivity (Wildman–Crippen MR) is 98.4 cm³/mol. The van der Waals surface area contributed by atoms with Crippen molar-refractivity contribution in [3.63, 3.8) is 0 Å². The van der Waals surface area contributed by atoms with E-state index >= 15 is 0 Å². The lowest BCUT2D eigenvalue weighted by Crippen LogP contribution is -2.31. The van der Waals surface area contributed by atoms with Crippen LogP contribution in [-0.4, -0.2) is 20.7 Å². The van der Waals surface area contributed by atoms with Gasteiger partial charge in [0.2, 0.25) is 11.9 Å². The Labute approximate surface area is 152 Å². The standard InChI is InChI=1S/C17H14ClN5OS/c1-9-13(15(19)24)14(12-3-2-8-25-12)23-17(20-9)21-16(22-23)10-4-6-11(18)7-5-10/h2-8,14H,1H3,(H2,19,24)(H,20,21,22). The van der Waals surface area contributed by atoms with Crippen molar-refractivity contribution in [1.29, 1.82) is 0 Å². The molecule has 0 radical (unpaired) electrons. The Morgan fingerprint density at radius 3 is 2.72 bits per heavy atom. The summed E-state index contributed by atoms with van der Waals surface area (Å²) in [5.41, 5.74) is 7.66. The third-order valence-electron chi connectivity index (χ3n) is 4.03. The van der Waals surface area contributed by atoms with Crippen molar-refractivity contribution in [3.8, 4) is 11.4 Å². The summed E-state index contributed by atoms with van der Waals surface area (Å²) in [6, 6.07) is 10.8. The van der Waals surface area contributed by atoms with E-state index < -0.39 is 5.91 Å². The fourth-order valence-electron chi connectivity index (χ4n) is 2.90. The zero-order valence-corrected chi connectivity index (χ0v) is 14.8. The zero-order valence-electron chi connectivity index (χ0n) is 13.2. The van der Waals surface area contributed by atoms with Crippen molar-refractivity contribution in [2.75, 3.05) is 5.32 Å². The summed E-state index contributed by atoms with van der Waals surface area (Å²) in [6.45, 7) is 1.82. The van der Waals surface area contributed by atoms with Gasteiger partial charge in [-0.05, 0) is 42.6 Å². The van der Waals surface area contributed by atoms with Gasteiger partial charge in [-0.2, -0.15) is 4.98 Å². The number of hydrogen-bond acceptors (Lipinski definition) is 5. The van der Waals surface area contributed by atoms with Crippen LogP contribution in [0.4, 0.5) is 5.95 Å². The third kappa shape index (κ3) is 2.71. The predicted octanol–water partition coefficient (Wildman–Crippen LogP) is 3.43. The fraction of sp³-hybridized carbons (Fsp3) is 0.118. The van der Waals surface area contributed by atoms with E-state index in [9.17, 15) is 4.79 Å². The van der Waals surface area contributed by atoms with Crippen LogP contribution in [0, 0.1) is 0 Å². The number of halogens is 1. The van der Waals surface area contributed by atoms with Gasteiger partial charge in [0.15, 0.2) is 5.82 Å². The molecule has 3 heterocycles. The first kappa shape index (κ1) is 15.9. The molecule has 0 bridgehead atoms.